The van der Waals surface area contributed by atoms with Crippen LogP contribution in [0.3, 0.4) is 0 Å². The molecule has 5 heteroatoms. The SMILES string of the molecule is CCOc1cc(CNC(C)(C)CC)c(Br)cc1OCc1ccccc1F. The number of ether oxygens (including phenoxy) is 2. The lowest BCUT2D eigenvalue weighted by molar-refractivity contribution is 0.265. The van der Waals surface area contributed by atoms with E-state index < -0.39 is 0 Å². The molecule has 0 aliphatic rings. The maximum atomic E-state index is 13.8. The van der Waals surface area contributed by atoms with Crippen LogP contribution in [0.15, 0.2) is 40.9 Å². The fraction of sp³-hybridized carbons (Fsp3) is 0.429. The largest absolute Gasteiger partial charge is 0.490 e. The number of nitrogens with one attached hydrogen (secondary N) is 1. The first-order valence-electron chi connectivity index (χ1n) is 8.92. The van der Waals surface area contributed by atoms with Crippen molar-refractivity contribution in [3.63, 3.8) is 0 Å². The van der Waals surface area contributed by atoms with Crippen molar-refractivity contribution in [2.75, 3.05) is 6.61 Å². The molecule has 2 aromatic rings. The van der Waals surface area contributed by atoms with Gasteiger partial charge in [-0.1, -0.05) is 41.1 Å². The first-order valence-corrected chi connectivity index (χ1v) is 9.72. The third-order valence-corrected chi connectivity index (χ3v) is 5.13. The molecule has 0 saturated heterocycles. The second-order valence-corrected chi connectivity index (χ2v) is 7.65. The van der Waals surface area contributed by atoms with E-state index in [4.69, 9.17) is 9.47 Å². The monoisotopic (exact) mass is 423 g/mol. The molecule has 0 aromatic heterocycles. The first kappa shape index (κ1) is 20.7. The van der Waals surface area contributed by atoms with Crippen LogP contribution in [0.4, 0.5) is 4.39 Å². The molecule has 2 rings (SSSR count). The lowest BCUT2D eigenvalue weighted by Gasteiger charge is -2.25. The maximum Gasteiger partial charge on any atom is 0.162 e. The molecule has 2 aromatic carbocycles. The van der Waals surface area contributed by atoms with Crippen molar-refractivity contribution in [1.29, 1.82) is 0 Å². The summed E-state index contributed by atoms with van der Waals surface area (Å²) in [5.41, 5.74) is 1.67. The van der Waals surface area contributed by atoms with Gasteiger partial charge in [-0.15, -0.1) is 0 Å². The molecule has 0 spiro atoms. The second-order valence-electron chi connectivity index (χ2n) is 6.79. The summed E-state index contributed by atoms with van der Waals surface area (Å²) in [6.07, 6.45) is 1.03. The summed E-state index contributed by atoms with van der Waals surface area (Å²) in [5, 5.41) is 3.54. The van der Waals surface area contributed by atoms with E-state index in [1.165, 1.54) is 6.07 Å². The Morgan fingerprint density at radius 3 is 2.38 bits per heavy atom. The van der Waals surface area contributed by atoms with Crippen LogP contribution in [0.25, 0.3) is 0 Å². The fourth-order valence-corrected chi connectivity index (χ4v) is 2.79. The van der Waals surface area contributed by atoms with Crippen LogP contribution in [-0.4, -0.2) is 12.1 Å². The Hall–Kier alpha value is -1.59. The van der Waals surface area contributed by atoms with E-state index in [2.05, 4.69) is 42.0 Å². The number of halogens is 2. The summed E-state index contributed by atoms with van der Waals surface area (Å²) in [5.74, 6) is 0.991. The summed E-state index contributed by atoms with van der Waals surface area (Å²) in [4.78, 5) is 0. The van der Waals surface area contributed by atoms with Gasteiger partial charge in [0.1, 0.15) is 12.4 Å². The molecule has 26 heavy (non-hydrogen) atoms. The third kappa shape index (κ3) is 5.71. The van der Waals surface area contributed by atoms with Gasteiger partial charge >= 0.3 is 0 Å². The smallest absolute Gasteiger partial charge is 0.162 e. The molecule has 0 saturated carbocycles. The third-order valence-electron chi connectivity index (χ3n) is 4.39. The fourth-order valence-electron chi connectivity index (χ4n) is 2.32. The zero-order chi connectivity index (χ0) is 19.2. The van der Waals surface area contributed by atoms with Gasteiger partial charge in [0.15, 0.2) is 11.5 Å². The van der Waals surface area contributed by atoms with Crippen LogP contribution in [-0.2, 0) is 13.2 Å². The van der Waals surface area contributed by atoms with Gasteiger partial charge in [-0.3, -0.25) is 0 Å². The van der Waals surface area contributed by atoms with Crippen molar-refractivity contribution >= 4 is 15.9 Å². The predicted molar refractivity (Wildman–Crippen MR) is 107 cm³/mol. The molecule has 142 valence electrons. The van der Waals surface area contributed by atoms with Crippen LogP contribution in [0.2, 0.25) is 0 Å². The summed E-state index contributed by atoms with van der Waals surface area (Å²) in [6, 6.07) is 10.5. The molecule has 0 amide bonds. The first-order chi connectivity index (χ1) is 12.4. The Bertz CT molecular complexity index is 734. The van der Waals surface area contributed by atoms with E-state index in [9.17, 15) is 4.39 Å². The van der Waals surface area contributed by atoms with Crippen molar-refractivity contribution in [3.05, 3.63) is 57.8 Å². The predicted octanol–water partition coefficient (Wildman–Crippen LogP) is 5.84. The quantitative estimate of drug-likeness (QED) is 0.548. The molecule has 0 radical (unpaired) electrons. The Morgan fingerprint density at radius 1 is 1.04 bits per heavy atom. The van der Waals surface area contributed by atoms with Gasteiger partial charge in [-0.2, -0.15) is 0 Å². The van der Waals surface area contributed by atoms with Crippen LogP contribution in [0, 0.1) is 5.82 Å². The normalized spacial score (nSPS) is 11.5. The van der Waals surface area contributed by atoms with E-state index in [-0.39, 0.29) is 18.0 Å². The average Bonchev–Trinajstić information content (AvgIpc) is 2.62. The van der Waals surface area contributed by atoms with Gasteiger partial charge in [0.25, 0.3) is 0 Å². The van der Waals surface area contributed by atoms with Gasteiger partial charge in [0, 0.05) is 22.1 Å². The zero-order valence-corrected chi connectivity index (χ0v) is 17.5. The van der Waals surface area contributed by atoms with E-state index in [1.54, 1.807) is 18.2 Å². The standard InChI is InChI=1S/C21H27BrFNO2/c1-5-21(3,4)24-13-16-11-19(25-6-2)20(12-17(16)22)26-14-15-9-7-8-10-18(15)23/h7-12,24H,5-6,13-14H2,1-4H3. The molecule has 0 bridgehead atoms. The molecular weight excluding hydrogens is 397 g/mol. The number of hydrogen-bond acceptors (Lipinski definition) is 3. The van der Waals surface area contributed by atoms with Crippen LogP contribution >= 0.6 is 15.9 Å². The van der Waals surface area contributed by atoms with Crippen molar-refractivity contribution in [2.45, 2.75) is 52.8 Å². The summed E-state index contributed by atoms with van der Waals surface area (Å²) >= 11 is 3.61. The van der Waals surface area contributed by atoms with Crippen LogP contribution in [0.1, 0.15) is 45.2 Å². The van der Waals surface area contributed by atoms with E-state index in [0.29, 0.717) is 23.7 Å². The van der Waals surface area contributed by atoms with Gasteiger partial charge < -0.3 is 14.8 Å². The van der Waals surface area contributed by atoms with Gasteiger partial charge in [0.2, 0.25) is 0 Å². The number of benzene rings is 2. The summed E-state index contributed by atoms with van der Waals surface area (Å²) in [7, 11) is 0. The molecule has 0 unspecified atom stereocenters. The van der Waals surface area contributed by atoms with Crippen molar-refractivity contribution < 1.29 is 13.9 Å². The Labute approximate surface area is 164 Å². The highest BCUT2D eigenvalue weighted by Gasteiger charge is 2.16. The minimum Gasteiger partial charge on any atom is -0.490 e. The topological polar surface area (TPSA) is 30.5 Å². The highest BCUT2D eigenvalue weighted by Crippen LogP contribution is 2.34. The molecule has 0 aliphatic heterocycles. The van der Waals surface area contributed by atoms with Gasteiger partial charge in [-0.05, 0) is 51.0 Å². The second kappa shape index (κ2) is 9.38. The van der Waals surface area contributed by atoms with E-state index >= 15 is 0 Å². The number of rotatable bonds is 9. The molecule has 3 nitrogen and oxygen atoms in total. The lowest BCUT2D eigenvalue weighted by atomic mass is 10.0. The zero-order valence-electron chi connectivity index (χ0n) is 15.9. The van der Waals surface area contributed by atoms with E-state index in [0.717, 1.165) is 23.0 Å². The molecular formula is C21H27BrFNO2. The summed E-state index contributed by atoms with van der Waals surface area (Å²) < 4.78 is 26.3. The molecule has 0 fully saturated rings. The lowest BCUT2D eigenvalue weighted by Crippen LogP contribution is -2.37. The maximum absolute atomic E-state index is 13.8. The van der Waals surface area contributed by atoms with Crippen molar-refractivity contribution in [3.8, 4) is 11.5 Å². The molecule has 0 atom stereocenters. The van der Waals surface area contributed by atoms with Crippen LogP contribution < -0.4 is 14.8 Å². The molecule has 1 N–H and O–H groups in total. The minimum atomic E-state index is -0.271. The average molecular weight is 424 g/mol. The molecule has 0 aliphatic carbocycles. The van der Waals surface area contributed by atoms with Gasteiger partial charge in [0.05, 0.1) is 6.61 Å². The summed E-state index contributed by atoms with van der Waals surface area (Å²) in [6.45, 7) is 9.85. The number of hydrogen-bond donors (Lipinski definition) is 1. The van der Waals surface area contributed by atoms with E-state index in [1.807, 2.05) is 19.1 Å². The van der Waals surface area contributed by atoms with Crippen molar-refractivity contribution in [2.24, 2.45) is 0 Å². The van der Waals surface area contributed by atoms with Crippen LogP contribution in [0.5, 0.6) is 11.5 Å². The Morgan fingerprint density at radius 2 is 1.73 bits per heavy atom. The molecule has 0 heterocycles. The highest BCUT2D eigenvalue weighted by molar-refractivity contribution is 9.10. The highest BCUT2D eigenvalue weighted by atomic mass is 79.9. The Kier molecular flexibility index (Phi) is 7.47. The van der Waals surface area contributed by atoms with Crippen molar-refractivity contribution in [1.82, 2.24) is 5.32 Å². The minimum absolute atomic E-state index is 0.0607. The Balaban J connectivity index is 2.18. The van der Waals surface area contributed by atoms with Gasteiger partial charge in [-0.25, -0.2) is 4.39 Å².